The van der Waals surface area contributed by atoms with Crippen LogP contribution in [0.4, 0.5) is 5.82 Å². The van der Waals surface area contributed by atoms with Crippen LogP contribution in [0.1, 0.15) is 0 Å². The molecule has 0 spiro atoms. The van der Waals surface area contributed by atoms with E-state index in [0.29, 0.717) is 5.82 Å². The van der Waals surface area contributed by atoms with Crippen LogP contribution in [0.25, 0.3) is 10.6 Å². The molecule has 0 fully saturated rings. The Labute approximate surface area is 126 Å². The summed E-state index contributed by atoms with van der Waals surface area (Å²) < 4.78 is 26.8. The minimum absolute atomic E-state index is 0.110. The highest BCUT2D eigenvalue weighted by Gasteiger charge is 2.16. The Balaban J connectivity index is 1.85. The second-order valence-electron chi connectivity index (χ2n) is 4.20. The third-order valence-corrected chi connectivity index (χ3v) is 4.94. The molecule has 1 aromatic carbocycles. The normalized spacial score (nSPS) is 11.2. The second kappa shape index (κ2) is 5.63. The lowest BCUT2D eigenvalue weighted by atomic mass is 10.2. The van der Waals surface area contributed by atoms with Crippen molar-refractivity contribution in [2.75, 3.05) is 4.72 Å². The Morgan fingerprint density at radius 1 is 1.05 bits per heavy atom. The first kappa shape index (κ1) is 13.7. The first-order valence-corrected chi connectivity index (χ1v) is 8.45. The molecule has 0 aliphatic rings. The number of hydrogen-bond acceptors (Lipinski definition) is 5. The van der Waals surface area contributed by atoms with E-state index in [1.807, 2.05) is 30.3 Å². The zero-order chi connectivity index (χ0) is 14.7. The van der Waals surface area contributed by atoms with Crippen LogP contribution in [0.2, 0.25) is 0 Å². The molecule has 0 aliphatic heterocycles. The first-order chi connectivity index (χ1) is 10.1. The molecule has 3 aromatic rings. The Bertz CT molecular complexity index is 831. The van der Waals surface area contributed by atoms with Crippen molar-refractivity contribution in [3.8, 4) is 10.6 Å². The van der Waals surface area contributed by atoms with Crippen LogP contribution >= 0.6 is 11.3 Å². The maximum Gasteiger partial charge on any atom is 0.264 e. The van der Waals surface area contributed by atoms with Crippen molar-refractivity contribution >= 4 is 27.2 Å². The summed E-state index contributed by atoms with van der Waals surface area (Å²) in [7, 11) is -3.65. The molecular formula is C14H11N3O2S2. The third-order valence-electron chi connectivity index (χ3n) is 2.71. The van der Waals surface area contributed by atoms with E-state index in [1.54, 1.807) is 11.4 Å². The number of hydrogen-bond donors (Lipinski definition) is 1. The van der Waals surface area contributed by atoms with Gasteiger partial charge in [-0.1, -0.05) is 30.3 Å². The van der Waals surface area contributed by atoms with Crippen LogP contribution in [0.3, 0.4) is 0 Å². The quantitative estimate of drug-likeness (QED) is 0.803. The van der Waals surface area contributed by atoms with E-state index in [1.165, 1.54) is 29.8 Å². The molecule has 0 saturated carbocycles. The molecule has 3 rings (SSSR count). The van der Waals surface area contributed by atoms with E-state index in [4.69, 9.17) is 0 Å². The summed E-state index contributed by atoms with van der Waals surface area (Å²) in [6.07, 6.45) is 2.82. The Morgan fingerprint density at radius 2 is 1.86 bits per heavy atom. The summed E-state index contributed by atoms with van der Waals surface area (Å²) >= 11 is 1.38. The maximum absolute atomic E-state index is 12.2. The lowest BCUT2D eigenvalue weighted by Gasteiger charge is -2.04. The number of rotatable bonds is 4. The van der Waals surface area contributed by atoms with Gasteiger partial charge in [-0.15, -0.1) is 11.3 Å². The summed E-state index contributed by atoms with van der Waals surface area (Å²) in [6, 6.07) is 12.7. The van der Waals surface area contributed by atoms with Gasteiger partial charge in [-0.3, -0.25) is 9.71 Å². The predicted molar refractivity (Wildman–Crippen MR) is 82.6 cm³/mol. The third kappa shape index (κ3) is 3.09. The van der Waals surface area contributed by atoms with E-state index in [2.05, 4.69) is 14.7 Å². The monoisotopic (exact) mass is 317 g/mol. The van der Waals surface area contributed by atoms with Crippen molar-refractivity contribution in [2.45, 2.75) is 4.90 Å². The summed E-state index contributed by atoms with van der Waals surface area (Å²) in [5.74, 6) is 0.308. The summed E-state index contributed by atoms with van der Waals surface area (Å²) in [5.41, 5.74) is 0.953. The molecule has 2 aromatic heterocycles. The van der Waals surface area contributed by atoms with Gasteiger partial charge in [-0.05, 0) is 12.1 Å². The van der Waals surface area contributed by atoms with Crippen LogP contribution in [0.5, 0.6) is 0 Å². The number of pyridine rings is 1. The van der Waals surface area contributed by atoms with E-state index in [0.717, 1.165) is 10.6 Å². The summed E-state index contributed by atoms with van der Waals surface area (Å²) in [5, 5.41) is 2.44. The molecule has 1 N–H and O–H groups in total. The molecule has 106 valence electrons. The highest BCUT2D eigenvalue weighted by atomic mass is 32.2. The fraction of sp³-hybridized carbons (Fsp3) is 0. The fourth-order valence-corrected chi connectivity index (χ4v) is 3.52. The Morgan fingerprint density at radius 3 is 2.57 bits per heavy atom. The zero-order valence-corrected chi connectivity index (χ0v) is 12.4. The number of anilines is 1. The molecule has 7 heteroatoms. The van der Waals surface area contributed by atoms with Gasteiger partial charge in [-0.25, -0.2) is 13.4 Å². The molecule has 0 bridgehead atoms. The van der Waals surface area contributed by atoms with Gasteiger partial charge in [0.05, 0.1) is 0 Å². The van der Waals surface area contributed by atoms with Gasteiger partial charge in [0.2, 0.25) is 0 Å². The van der Waals surface area contributed by atoms with Crippen molar-refractivity contribution in [1.82, 2.24) is 9.97 Å². The van der Waals surface area contributed by atoms with Gasteiger partial charge >= 0.3 is 0 Å². The highest BCUT2D eigenvalue weighted by Crippen LogP contribution is 2.26. The van der Waals surface area contributed by atoms with E-state index < -0.39 is 10.0 Å². The predicted octanol–water partition coefficient (Wildman–Crippen LogP) is 3.01. The molecule has 0 unspecified atom stereocenters. The van der Waals surface area contributed by atoms with Gasteiger partial charge < -0.3 is 0 Å². The number of sulfonamides is 1. The number of nitrogens with zero attached hydrogens (tertiary/aromatic N) is 2. The van der Waals surface area contributed by atoms with Crippen molar-refractivity contribution < 1.29 is 8.42 Å². The van der Waals surface area contributed by atoms with Crippen LogP contribution in [0, 0.1) is 0 Å². The maximum atomic E-state index is 12.2. The van der Waals surface area contributed by atoms with E-state index in [-0.39, 0.29) is 4.90 Å². The van der Waals surface area contributed by atoms with Crippen LogP contribution < -0.4 is 4.72 Å². The van der Waals surface area contributed by atoms with Crippen molar-refractivity contribution in [1.29, 1.82) is 0 Å². The van der Waals surface area contributed by atoms with Crippen molar-refractivity contribution in [2.24, 2.45) is 0 Å². The molecule has 0 amide bonds. The second-order valence-corrected chi connectivity index (χ2v) is 6.74. The molecule has 21 heavy (non-hydrogen) atoms. The molecule has 0 saturated heterocycles. The van der Waals surface area contributed by atoms with Crippen LogP contribution in [-0.2, 0) is 10.0 Å². The van der Waals surface area contributed by atoms with Crippen molar-refractivity contribution in [3.05, 3.63) is 60.2 Å². The van der Waals surface area contributed by atoms with Gasteiger partial charge in [0.1, 0.15) is 9.90 Å². The fourth-order valence-electron chi connectivity index (χ4n) is 1.74. The lowest BCUT2D eigenvalue weighted by molar-refractivity contribution is 0.600. The van der Waals surface area contributed by atoms with Gasteiger partial charge in [-0.2, -0.15) is 0 Å². The van der Waals surface area contributed by atoms with E-state index in [9.17, 15) is 8.42 Å². The Kier molecular flexibility index (Phi) is 3.68. The SMILES string of the molecule is O=S(=O)(Nc1csc(-c2ccccc2)n1)c1cccnc1. The average Bonchev–Trinajstić information content (AvgIpc) is 2.97. The summed E-state index contributed by atoms with van der Waals surface area (Å²) in [6.45, 7) is 0. The first-order valence-electron chi connectivity index (χ1n) is 6.09. The molecular weight excluding hydrogens is 306 g/mol. The van der Waals surface area contributed by atoms with Gasteiger partial charge in [0.15, 0.2) is 5.82 Å². The standard InChI is InChI=1S/C14H11N3O2S2/c18-21(19,12-7-4-8-15-9-12)17-13-10-20-14(16-13)11-5-2-1-3-6-11/h1-10,17H. The van der Waals surface area contributed by atoms with Crippen LogP contribution in [-0.4, -0.2) is 18.4 Å². The Hall–Kier alpha value is -2.25. The minimum Gasteiger partial charge on any atom is -0.263 e. The molecule has 2 heterocycles. The minimum atomic E-state index is -3.65. The smallest absolute Gasteiger partial charge is 0.263 e. The average molecular weight is 317 g/mol. The van der Waals surface area contributed by atoms with Crippen LogP contribution in [0.15, 0.2) is 65.1 Å². The number of nitrogens with one attached hydrogen (secondary N) is 1. The van der Waals surface area contributed by atoms with E-state index >= 15 is 0 Å². The van der Waals surface area contributed by atoms with Gasteiger partial charge in [0, 0.05) is 23.3 Å². The van der Waals surface area contributed by atoms with Crippen molar-refractivity contribution in [3.63, 3.8) is 0 Å². The summed E-state index contributed by atoms with van der Waals surface area (Å²) in [4.78, 5) is 8.22. The molecule has 0 radical (unpaired) electrons. The van der Waals surface area contributed by atoms with Gasteiger partial charge in [0.25, 0.3) is 10.0 Å². The largest absolute Gasteiger partial charge is 0.264 e. The molecule has 0 aliphatic carbocycles. The molecule has 5 nitrogen and oxygen atoms in total. The zero-order valence-electron chi connectivity index (χ0n) is 10.8. The number of aromatic nitrogens is 2. The molecule has 0 atom stereocenters. The lowest BCUT2D eigenvalue weighted by Crippen LogP contribution is -2.13. The highest BCUT2D eigenvalue weighted by molar-refractivity contribution is 7.92. The number of benzene rings is 1. The topological polar surface area (TPSA) is 72.0 Å². The number of thiazole rings is 1.